The van der Waals surface area contributed by atoms with Crippen molar-refractivity contribution >= 4 is 0 Å². The van der Waals surface area contributed by atoms with Crippen LogP contribution in [0.25, 0.3) is 0 Å². The van der Waals surface area contributed by atoms with E-state index in [1.807, 2.05) is 0 Å². The van der Waals surface area contributed by atoms with Crippen LogP contribution in [0, 0.1) is 5.41 Å². The highest BCUT2D eigenvalue weighted by Crippen LogP contribution is 2.75. The summed E-state index contributed by atoms with van der Waals surface area (Å²) in [6.07, 6.45) is 8.40. The van der Waals surface area contributed by atoms with Crippen LogP contribution in [0.15, 0.2) is 6.07 Å². The zero-order chi connectivity index (χ0) is 10.3. The highest BCUT2D eigenvalue weighted by Gasteiger charge is 2.64. The van der Waals surface area contributed by atoms with Crippen molar-refractivity contribution in [3.05, 3.63) is 23.0 Å². The summed E-state index contributed by atoms with van der Waals surface area (Å²) < 4.78 is 0. The van der Waals surface area contributed by atoms with Gasteiger partial charge in [0.15, 0.2) is 0 Å². The van der Waals surface area contributed by atoms with Gasteiger partial charge in [-0.3, -0.25) is 0 Å². The van der Waals surface area contributed by atoms with Crippen LogP contribution in [0.5, 0.6) is 0 Å². The van der Waals surface area contributed by atoms with Crippen molar-refractivity contribution in [2.75, 3.05) is 0 Å². The Kier molecular flexibility index (Phi) is 1.20. The number of nitrogens with zero attached hydrogens (tertiary/aromatic N) is 2. The lowest BCUT2D eigenvalue weighted by Crippen LogP contribution is -2.05. The molecule has 1 spiro atoms. The standard InChI is InChI=1S/C14H16N2/c1-2-8(1)12-7-9-10-3-4-11(13(9)16-15-12)14(10)5-6-14/h7-8,10-11H,1-6H2/t10-,11+/m1/s1. The number of rotatable bonds is 1. The first-order chi connectivity index (χ1) is 7.88. The molecule has 5 rings (SSSR count). The van der Waals surface area contributed by atoms with E-state index in [1.165, 1.54) is 49.9 Å². The van der Waals surface area contributed by atoms with Gasteiger partial charge in [0.1, 0.15) is 0 Å². The topological polar surface area (TPSA) is 25.8 Å². The fourth-order valence-corrected chi connectivity index (χ4v) is 4.43. The number of hydrogen-bond donors (Lipinski definition) is 0. The molecule has 82 valence electrons. The van der Waals surface area contributed by atoms with Gasteiger partial charge in [-0.15, -0.1) is 0 Å². The number of hydrogen-bond acceptors (Lipinski definition) is 2. The molecule has 16 heavy (non-hydrogen) atoms. The smallest absolute Gasteiger partial charge is 0.0702 e. The Morgan fingerprint density at radius 3 is 2.56 bits per heavy atom. The normalized spacial score (nSPS) is 36.8. The van der Waals surface area contributed by atoms with Gasteiger partial charge in [-0.1, -0.05) is 0 Å². The third-order valence-electron chi connectivity index (χ3n) is 5.53. The summed E-state index contributed by atoms with van der Waals surface area (Å²) >= 11 is 0. The Hall–Kier alpha value is -0.920. The highest BCUT2D eigenvalue weighted by atomic mass is 15.1. The minimum Gasteiger partial charge on any atom is -0.155 e. The molecule has 4 aliphatic carbocycles. The average molecular weight is 212 g/mol. The lowest BCUT2D eigenvalue weighted by molar-refractivity contribution is 0.456. The number of fused-ring (bicyclic) bond motifs is 3. The summed E-state index contributed by atoms with van der Waals surface area (Å²) in [6, 6.07) is 2.42. The van der Waals surface area contributed by atoms with E-state index < -0.39 is 0 Å². The minimum atomic E-state index is 0.680. The van der Waals surface area contributed by atoms with E-state index >= 15 is 0 Å². The highest BCUT2D eigenvalue weighted by molar-refractivity contribution is 5.45. The summed E-state index contributed by atoms with van der Waals surface area (Å²) in [5.74, 6) is 2.40. The van der Waals surface area contributed by atoms with Crippen molar-refractivity contribution in [2.24, 2.45) is 5.41 Å². The van der Waals surface area contributed by atoms with Gasteiger partial charge in [-0.25, -0.2) is 0 Å². The average Bonchev–Trinajstić information content (AvgIpc) is 3.18. The predicted octanol–water partition coefficient (Wildman–Crippen LogP) is 3.11. The van der Waals surface area contributed by atoms with Crippen LogP contribution < -0.4 is 0 Å². The van der Waals surface area contributed by atoms with Crippen molar-refractivity contribution in [3.8, 4) is 0 Å². The molecule has 1 aromatic rings. The van der Waals surface area contributed by atoms with Gasteiger partial charge in [0.2, 0.25) is 0 Å². The third kappa shape index (κ3) is 0.792. The van der Waals surface area contributed by atoms with Gasteiger partial charge in [-0.2, -0.15) is 10.2 Å². The van der Waals surface area contributed by atoms with Crippen molar-refractivity contribution < 1.29 is 0 Å². The van der Waals surface area contributed by atoms with Gasteiger partial charge in [-0.05, 0) is 61.5 Å². The summed E-state index contributed by atoms with van der Waals surface area (Å²) in [5, 5.41) is 9.06. The molecule has 0 saturated heterocycles. The maximum Gasteiger partial charge on any atom is 0.0702 e. The lowest BCUT2D eigenvalue weighted by Gasteiger charge is -2.13. The Labute approximate surface area is 95.5 Å². The van der Waals surface area contributed by atoms with Crippen molar-refractivity contribution in [2.45, 2.75) is 56.3 Å². The van der Waals surface area contributed by atoms with Crippen LogP contribution in [0.1, 0.15) is 73.2 Å². The van der Waals surface area contributed by atoms with E-state index in [4.69, 9.17) is 0 Å². The zero-order valence-electron chi connectivity index (χ0n) is 9.45. The Morgan fingerprint density at radius 1 is 1.00 bits per heavy atom. The monoisotopic (exact) mass is 212 g/mol. The molecule has 0 N–H and O–H groups in total. The second-order valence-electron chi connectivity index (χ2n) is 6.30. The van der Waals surface area contributed by atoms with E-state index in [2.05, 4.69) is 16.3 Å². The van der Waals surface area contributed by atoms with Gasteiger partial charge in [0, 0.05) is 11.8 Å². The van der Waals surface area contributed by atoms with Crippen LogP contribution in [0.4, 0.5) is 0 Å². The van der Waals surface area contributed by atoms with Crippen molar-refractivity contribution in [1.82, 2.24) is 10.2 Å². The van der Waals surface area contributed by atoms with Gasteiger partial charge in [0.25, 0.3) is 0 Å². The maximum absolute atomic E-state index is 4.59. The zero-order valence-corrected chi connectivity index (χ0v) is 9.45. The van der Waals surface area contributed by atoms with Gasteiger partial charge in [0.05, 0.1) is 11.4 Å². The Morgan fingerprint density at radius 2 is 1.81 bits per heavy atom. The fraction of sp³-hybridized carbons (Fsp3) is 0.714. The van der Waals surface area contributed by atoms with E-state index in [-0.39, 0.29) is 0 Å². The van der Waals surface area contributed by atoms with Gasteiger partial charge >= 0.3 is 0 Å². The van der Waals surface area contributed by atoms with Crippen LogP contribution in [-0.2, 0) is 0 Å². The second-order valence-corrected chi connectivity index (χ2v) is 6.30. The molecule has 0 radical (unpaired) electrons. The van der Waals surface area contributed by atoms with Crippen LogP contribution in [0.2, 0.25) is 0 Å². The van der Waals surface area contributed by atoms with E-state index in [0.717, 1.165) is 17.8 Å². The first-order valence-electron chi connectivity index (χ1n) is 6.76. The van der Waals surface area contributed by atoms with Crippen LogP contribution >= 0.6 is 0 Å². The van der Waals surface area contributed by atoms with E-state index in [1.54, 1.807) is 5.56 Å². The molecule has 2 nitrogen and oxygen atoms in total. The molecule has 0 unspecified atom stereocenters. The largest absolute Gasteiger partial charge is 0.155 e. The van der Waals surface area contributed by atoms with E-state index in [9.17, 15) is 0 Å². The minimum absolute atomic E-state index is 0.680. The molecule has 2 bridgehead atoms. The third-order valence-corrected chi connectivity index (χ3v) is 5.53. The molecule has 2 heteroatoms. The fourth-order valence-electron chi connectivity index (χ4n) is 4.43. The molecule has 0 aromatic carbocycles. The molecular weight excluding hydrogens is 196 g/mol. The lowest BCUT2D eigenvalue weighted by atomic mass is 9.91. The molecule has 3 fully saturated rings. The quantitative estimate of drug-likeness (QED) is 0.714. The molecule has 2 atom stereocenters. The molecule has 0 aliphatic heterocycles. The molecule has 1 heterocycles. The summed E-state index contributed by atoms with van der Waals surface area (Å²) in [4.78, 5) is 0. The number of aromatic nitrogens is 2. The first-order valence-corrected chi connectivity index (χ1v) is 6.76. The summed E-state index contributed by atoms with van der Waals surface area (Å²) in [5.41, 5.74) is 4.96. The molecule has 4 aliphatic rings. The van der Waals surface area contributed by atoms with E-state index in [0.29, 0.717) is 5.41 Å². The molecular formula is C14H16N2. The first kappa shape index (κ1) is 8.21. The maximum atomic E-state index is 4.59. The molecule has 3 saturated carbocycles. The van der Waals surface area contributed by atoms with Crippen LogP contribution in [0.3, 0.4) is 0 Å². The summed E-state index contributed by atoms with van der Waals surface area (Å²) in [6.45, 7) is 0. The molecule has 0 amide bonds. The predicted molar refractivity (Wildman–Crippen MR) is 60.4 cm³/mol. The molecule has 1 aromatic heterocycles. The van der Waals surface area contributed by atoms with Gasteiger partial charge < -0.3 is 0 Å². The second kappa shape index (κ2) is 2.34. The Bertz CT molecular complexity index is 486. The summed E-state index contributed by atoms with van der Waals surface area (Å²) in [7, 11) is 0. The van der Waals surface area contributed by atoms with Crippen molar-refractivity contribution in [1.29, 1.82) is 0 Å². The van der Waals surface area contributed by atoms with Crippen molar-refractivity contribution in [3.63, 3.8) is 0 Å². The Balaban J connectivity index is 1.69. The SMILES string of the molecule is c1c(C2CC2)nnc2c1[C@H]1CC[C@@H]2C12CC2. The van der Waals surface area contributed by atoms with Crippen LogP contribution in [-0.4, -0.2) is 10.2 Å².